The number of nitrogen functional groups attached to an aromatic ring is 1. The van der Waals surface area contributed by atoms with Crippen molar-refractivity contribution < 1.29 is 0 Å². The van der Waals surface area contributed by atoms with Crippen LogP contribution in [-0.2, 0) is 0 Å². The maximum atomic E-state index is 5.85. The van der Waals surface area contributed by atoms with Gasteiger partial charge in [-0.25, -0.2) is 4.98 Å². The maximum Gasteiger partial charge on any atom is 0.146 e. The molecule has 3 heteroatoms. The van der Waals surface area contributed by atoms with Crippen molar-refractivity contribution in [2.75, 3.05) is 23.7 Å². The quantitative estimate of drug-likeness (QED) is 0.738. The number of nitrogens with zero attached hydrogens (tertiary/aromatic N) is 2. The Kier molecular flexibility index (Phi) is 2.87. The van der Waals surface area contributed by atoms with Gasteiger partial charge in [0, 0.05) is 19.3 Å². The van der Waals surface area contributed by atoms with Gasteiger partial charge in [-0.15, -0.1) is 0 Å². The number of aromatic nitrogens is 1. The van der Waals surface area contributed by atoms with Crippen LogP contribution < -0.4 is 10.6 Å². The number of nitrogens with two attached hydrogens (primary N) is 1. The Morgan fingerprint density at radius 2 is 1.86 bits per heavy atom. The average Bonchev–Trinajstić information content (AvgIpc) is 2.47. The largest absolute Gasteiger partial charge is 0.382 e. The zero-order chi connectivity index (χ0) is 9.80. The highest BCUT2D eigenvalue weighted by atomic mass is 15.1. The van der Waals surface area contributed by atoms with E-state index < -0.39 is 0 Å². The molecule has 0 aromatic carbocycles. The van der Waals surface area contributed by atoms with Crippen molar-refractivity contribution in [3.05, 3.63) is 18.3 Å². The highest BCUT2D eigenvalue weighted by Crippen LogP contribution is 2.23. The van der Waals surface area contributed by atoms with E-state index >= 15 is 0 Å². The van der Waals surface area contributed by atoms with Gasteiger partial charge in [0.2, 0.25) is 0 Å². The maximum absolute atomic E-state index is 5.85. The smallest absolute Gasteiger partial charge is 0.146 e. The van der Waals surface area contributed by atoms with Crippen LogP contribution in [0.15, 0.2) is 18.3 Å². The topological polar surface area (TPSA) is 42.1 Å². The van der Waals surface area contributed by atoms with Crippen LogP contribution in [-0.4, -0.2) is 18.1 Å². The molecule has 0 spiro atoms. The fourth-order valence-electron chi connectivity index (χ4n) is 1.99. The Bertz CT molecular complexity index is 290. The Morgan fingerprint density at radius 1 is 1.14 bits per heavy atom. The number of rotatable bonds is 1. The summed E-state index contributed by atoms with van der Waals surface area (Å²) in [6, 6.07) is 4.02. The molecule has 0 atom stereocenters. The van der Waals surface area contributed by atoms with Crippen LogP contribution in [0.2, 0.25) is 0 Å². The number of anilines is 2. The first-order chi connectivity index (χ1) is 6.88. The molecule has 2 N–H and O–H groups in total. The van der Waals surface area contributed by atoms with E-state index in [1.54, 1.807) is 6.20 Å². The van der Waals surface area contributed by atoms with Gasteiger partial charge >= 0.3 is 0 Å². The molecule has 2 heterocycles. The van der Waals surface area contributed by atoms with Crippen molar-refractivity contribution in [2.45, 2.75) is 25.7 Å². The molecule has 76 valence electrons. The molecule has 1 fully saturated rings. The molecule has 0 unspecified atom stereocenters. The van der Waals surface area contributed by atoms with Crippen molar-refractivity contribution in [3.63, 3.8) is 0 Å². The standard InChI is InChI=1S/C11H17N3/c12-11-10(6-5-7-13-11)14-8-3-1-2-4-9-14/h5-7H,1-4,8-9H2,(H2,12,13). The lowest BCUT2D eigenvalue weighted by Crippen LogP contribution is -2.25. The molecule has 0 aliphatic carbocycles. The van der Waals surface area contributed by atoms with Crippen LogP contribution in [0.1, 0.15) is 25.7 Å². The van der Waals surface area contributed by atoms with Gasteiger partial charge < -0.3 is 10.6 Å². The Balaban J connectivity index is 2.16. The van der Waals surface area contributed by atoms with E-state index in [0.29, 0.717) is 5.82 Å². The molecule has 0 amide bonds. The molecule has 0 saturated carbocycles. The van der Waals surface area contributed by atoms with Crippen molar-refractivity contribution >= 4 is 11.5 Å². The van der Waals surface area contributed by atoms with Crippen LogP contribution in [0.4, 0.5) is 11.5 Å². The van der Waals surface area contributed by atoms with Gasteiger partial charge in [0.25, 0.3) is 0 Å². The van der Waals surface area contributed by atoms with E-state index in [1.165, 1.54) is 25.7 Å². The van der Waals surface area contributed by atoms with Gasteiger partial charge in [-0.1, -0.05) is 12.8 Å². The molecular weight excluding hydrogens is 174 g/mol. The number of pyridine rings is 1. The summed E-state index contributed by atoms with van der Waals surface area (Å²) >= 11 is 0. The third kappa shape index (κ3) is 1.97. The van der Waals surface area contributed by atoms with Gasteiger partial charge in [-0.05, 0) is 25.0 Å². The molecule has 1 aliphatic heterocycles. The zero-order valence-corrected chi connectivity index (χ0v) is 8.45. The predicted molar refractivity (Wildman–Crippen MR) is 59.3 cm³/mol. The third-order valence-electron chi connectivity index (χ3n) is 2.76. The molecule has 14 heavy (non-hydrogen) atoms. The molecule has 0 bridgehead atoms. The van der Waals surface area contributed by atoms with Crippen molar-refractivity contribution in [1.82, 2.24) is 4.98 Å². The summed E-state index contributed by atoms with van der Waals surface area (Å²) in [5, 5.41) is 0. The predicted octanol–water partition coefficient (Wildman–Crippen LogP) is 2.04. The summed E-state index contributed by atoms with van der Waals surface area (Å²) in [5.74, 6) is 0.661. The molecule has 2 rings (SSSR count). The van der Waals surface area contributed by atoms with Crippen LogP contribution >= 0.6 is 0 Å². The summed E-state index contributed by atoms with van der Waals surface area (Å²) in [4.78, 5) is 6.48. The molecule has 1 aromatic rings. The molecule has 3 nitrogen and oxygen atoms in total. The van der Waals surface area contributed by atoms with E-state index in [2.05, 4.69) is 16.0 Å². The first-order valence-electron chi connectivity index (χ1n) is 5.33. The lowest BCUT2D eigenvalue weighted by atomic mass is 10.2. The summed E-state index contributed by atoms with van der Waals surface area (Å²) in [5.41, 5.74) is 6.96. The Labute approximate surface area is 84.9 Å². The van der Waals surface area contributed by atoms with E-state index in [4.69, 9.17) is 5.73 Å². The first kappa shape index (κ1) is 9.31. The molecule has 1 aliphatic rings. The minimum Gasteiger partial charge on any atom is -0.382 e. The normalized spacial score (nSPS) is 17.9. The Hall–Kier alpha value is -1.25. The number of hydrogen-bond acceptors (Lipinski definition) is 3. The zero-order valence-electron chi connectivity index (χ0n) is 8.45. The second-order valence-electron chi connectivity index (χ2n) is 3.81. The van der Waals surface area contributed by atoms with Crippen molar-refractivity contribution in [1.29, 1.82) is 0 Å². The SMILES string of the molecule is Nc1ncccc1N1CCCCCC1. The highest BCUT2D eigenvalue weighted by Gasteiger charge is 2.11. The van der Waals surface area contributed by atoms with Crippen LogP contribution in [0.5, 0.6) is 0 Å². The van der Waals surface area contributed by atoms with E-state index in [9.17, 15) is 0 Å². The van der Waals surface area contributed by atoms with Crippen LogP contribution in [0.25, 0.3) is 0 Å². The minimum atomic E-state index is 0.661. The lowest BCUT2D eigenvalue weighted by Gasteiger charge is -2.23. The van der Waals surface area contributed by atoms with Crippen molar-refractivity contribution in [3.8, 4) is 0 Å². The lowest BCUT2D eigenvalue weighted by molar-refractivity contribution is 0.726. The summed E-state index contributed by atoms with van der Waals surface area (Å²) in [7, 11) is 0. The fraction of sp³-hybridized carbons (Fsp3) is 0.545. The van der Waals surface area contributed by atoms with Gasteiger partial charge in [0.05, 0.1) is 5.69 Å². The molecule has 1 aromatic heterocycles. The first-order valence-corrected chi connectivity index (χ1v) is 5.33. The van der Waals surface area contributed by atoms with E-state index in [-0.39, 0.29) is 0 Å². The van der Waals surface area contributed by atoms with Gasteiger partial charge in [0.15, 0.2) is 0 Å². The second-order valence-corrected chi connectivity index (χ2v) is 3.81. The molecular formula is C11H17N3. The molecule has 0 radical (unpaired) electrons. The van der Waals surface area contributed by atoms with E-state index in [1.807, 2.05) is 6.07 Å². The van der Waals surface area contributed by atoms with Gasteiger partial charge in [0.1, 0.15) is 5.82 Å². The van der Waals surface area contributed by atoms with Gasteiger partial charge in [-0.3, -0.25) is 0 Å². The van der Waals surface area contributed by atoms with Crippen LogP contribution in [0, 0.1) is 0 Å². The number of hydrogen-bond donors (Lipinski definition) is 1. The van der Waals surface area contributed by atoms with Crippen LogP contribution in [0.3, 0.4) is 0 Å². The van der Waals surface area contributed by atoms with E-state index in [0.717, 1.165) is 18.8 Å². The van der Waals surface area contributed by atoms with Crippen molar-refractivity contribution in [2.24, 2.45) is 0 Å². The Morgan fingerprint density at radius 3 is 2.50 bits per heavy atom. The van der Waals surface area contributed by atoms with Gasteiger partial charge in [-0.2, -0.15) is 0 Å². The summed E-state index contributed by atoms with van der Waals surface area (Å²) < 4.78 is 0. The average molecular weight is 191 g/mol. The second kappa shape index (κ2) is 4.31. The third-order valence-corrected chi connectivity index (χ3v) is 2.76. The summed E-state index contributed by atoms with van der Waals surface area (Å²) in [6.45, 7) is 2.24. The molecule has 1 saturated heterocycles. The monoisotopic (exact) mass is 191 g/mol. The highest BCUT2D eigenvalue weighted by molar-refractivity contribution is 5.62. The summed E-state index contributed by atoms with van der Waals surface area (Å²) in [6.07, 6.45) is 6.98. The fourth-order valence-corrected chi connectivity index (χ4v) is 1.99. The minimum absolute atomic E-state index is 0.661.